The van der Waals surface area contributed by atoms with Gasteiger partial charge in [-0.1, -0.05) is 24.3 Å². The van der Waals surface area contributed by atoms with Gasteiger partial charge in [0.25, 0.3) is 11.8 Å². The van der Waals surface area contributed by atoms with Crippen LogP contribution in [0.4, 0.5) is 5.69 Å². The molecule has 3 rings (SSSR count). The third-order valence-electron chi connectivity index (χ3n) is 4.21. The highest BCUT2D eigenvalue weighted by molar-refractivity contribution is 6.31. The molecule has 24 heavy (non-hydrogen) atoms. The topological polar surface area (TPSA) is 69.6 Å². The van der Waals surface area contributed by atoms with Gasteiger partial charge in [0.1, 0.15) is 11.3 Å². The zero-order valence-corrected chi connectivity index (χ0v) is 13.8. The van der Waals surface area contributed by atoms with Crippen molar-refractivity contribution in [3.8, 4) is 5.75 Å². The summed E-state index contributed by atoms with van der Waals surface area (Å²) in [7, 11) is 0. The quantitative estimate of drug-likeness (QED) is 0.660. The maximum absolute atomic E-state index is 12.6. The molecule has 122 valence electrons. The van der Waals surface area contributed by atoms with Gasteiger partial charge in [-0.3, -0.25) is 15.0 Å². The van der Waals surface area contributed by atoms with Crippen molar-refractivity contribution in [1.82, 2.24) is 5.43 Å². The van der Waals surface area contributed by atoms with Gasteiger partial charge in [-0.2, -0.15) is 0 Å². The second kappa shape index (κ2) is 5.85. The van der Waals surface area contributed by atoms with Crippen molar-refractivity contribution in [1.29, 1.82) is 0 Å². The molecule has 2 N–H and O–H groups in total. The van der Waals surface area contributed by atoms with Crippen LogP contribution >= 0.6 is 0 Å². The van der Waals surface area contributed by atoms with E-state index in [1.54, 1.807) is 31.2 Å². The lowest BCUT2D eigenvalue weighted by Gasteiger charge is -2.16. The molecule has 2 amide bonds. The van der Waals surface area contributed by atoms with Crippen LogP contribution < -0.4 is 10.4 Å². The third kappa shape index (κ3) is 2.65. The Labute approximate surface area is 140 Å². The van der Waals surface area contributed by atoms with Crippen molar-refractivity contribution < 1.29 is 14.7 Å². The lowest BCUT2D eigenvalue weighted by molar-refractivity contribution is -0.117. The molecule has 2 aromatic rings. The molecule has 1 saturated heterocycles. The van der Waals surface area contributed by atoms with Gasteiger partial charge in [0.15, 0.2) is 0 Å². The zero-order valence-electron chi connectivity index (χ0n) is 13.8. The van der Waals surface area contributed by atoms with Crippen LogP contribution in [0, 0.1) is 20.8 Å². The van der Waals surface area contributed by atoms with Crippen molar-refractivity contribution in [2.24, 2.45) is 0 Å². The summed E-state index contributed by atoms with van der Waals surface area (Å²) in [6.45, 7) is 5.69. The predicted octanol–water partition coefficient (Wildman–Crippen LogP) is 2.78. The number of nitrogens with zero attached hydrogens (tertiary/aromatic N) is 1. The Bertz CT molecular complexity index is 884. The number of phenolic OH excluding ortho intramolecular Hbond substituents is 1. The third-order valence-corrected chi connectivity index (χ3v) is 4.21. The first-order valence-electron chi connectivity index (χ1n) is 7.61. The number of hydrogen-bond acceptors (Lipinski definition) is 3. The summed E-state index contributed by atoms with van der Waals surface area (Å²) in [5.41, 5.74) is 6.43. The highest BCUT2D eigenvalue weighted by Crippen LogP contribution is 2.27. The summed E-state index contributed by atoms with van der Waals surface area (Å²) < 4.78 is 0. The number of carbonyl (C=O) groups is 2. The zero-order chi connectivity index (χ0) is 17.4. The van der Waals surface area contributed by atoms with E-state index in [1.807, 2.05) is 26.0 Å². The number of amides is 2. The fraction of sp³-hybridized carbons (Fsp3) is 0.158. The monoisotopic (exact) mass is 322 g/mol. The normalized spacial score (nSPS) is 16.0. The number of hydrazine groups is 1. The van der Waals surface area contributed by atoms with Crippen molar-refractivity contribution in [3.05, 3.63) is 64.2 Å². The number of rotatable bonds is 2. The second-order valence-electron chi connectivity index (χ2n) is 5.92. The van der Waals surface area contributed by atoms with Crippen LogP contribution in [-0.2, 0) is 9.59 Å². The highest BCUT2D eigenvalue weighted by atomic mass is 16.3. The number of aryl methyl sites for hydroxylation is 3. The van der Waals surface area contributed by atoms with Crippen molar-refractivity contribution >= 4 is 23.6 Å². The Balaban J connectivity index is 1.98. The van der Waals surface area contributed by atoms with Crippen molar-refractivity contribution in [3.63, 3.8) is 0 Å². The van der Waals surface area contributed by atoms with Crippen LogP contribution in [0.5, 0.6) is 5.75 Å². The average molecular weight is 322 g/mol. The van der Waals surface area contributed by atoms with Crippen LogP contribution in [0.3, 0.4) is 0 Å². The van der Waals surface area contributed by atoms with E-state index < -0.39 is 11.8 Å². The Hall–Kier alpha value is -3.08. The molecule has 0 saturated carbocycles. The SMILES string of the molecule is Cc1ccc(N2NC(=O)/C(=C\c3cccc(C)c3O)C2=O)cc1C. The van der Waals surface area contributed by atoms with E-state index in [0.717, 1.165) is 11.1 Å². The van der Waals surface area contributed by atoms with Gasteiger partial charge in [-0.25, -0.2) is 5.01 Å². The van der Waals surface area contributed by atoms with Gasteiger partial charge in [0.05, 0.1) is 5.69 Å². The van der Waals surface area contributed by atoms with Gasteiger partial charge < -0.3 is 5.11 Å². The van der Waals surface area contributed by atoms with E-state index in [1.165, 1.54) is 11.1 Å². The molecule has 1 fully saturated rings. The molecule has 0 aromatic heterocycles. The van der Waals surface area contributed by atoms with Gasteiger partial charge in [0.2, 0.25) is 0 Å². The first kappa shape index (κ1) is 15.8. The van der Waals surface area contributed by atoms with E-state index in [0.29, 0.717) is 16.8 Å². The van der Waals surface area contributed by atoms with Crippen LogP contribution in [-0.4, -0.2) is 16.9 Å². The number of carbonyl (C=O) groups excluding carboxylic acids is 2. The van der Waals surface area contributed by atoms with Gasteiger partial charge >= 0.3 is 0 Å². The first-order chi connectivity index (χ1) is 11.4. The molecular weight excluding hydrogens is 304 g/mol. The van der Waals surface area contributed by atoms with E-state index >= 15 is 0 Å². The van der Waals surface area contributed by atoms with Gasteiger partial charge in [0, 0.05) is 5.56 Å². The molecule has 2 aromatic carbocycles. The minimum absolute atomic E-state index is 0.00544. The lowest BCUT2D eigenvalue weighted by atomic mass is 10.1. The predicted molar refractivity (Wildman–Crippen MR) is 92.4 cm³/mol. The number of nitrogens with one attached hydrogen (secondary N) is 1. The van der Waals surface area contributed by atoms with E-state index in [9.17, 15) is 14.7 Å². The smallest absolute Gasteiger partial charge is 0.282 e. The van der Waals surface area contributed by atoms with E-state index in [-0.39, 0.29) is 11.3 Å². The maximum atomic E-state index is 12.6. The molecule has 1 aliphatic heterocycles. The Kier molecular flexibility index (Phi) is 3.85. The minimum atomic E-state index is -0.487. The molecular formula is C19H18N2O3. The van der Waals surface area contributed by atoms with E-state index in [2.05, 4.69) is 5.43 Å². The van der Waals surface area contributed by atoms with Gasteiger partial charge in [-0.05, 0) is 55.7 Å². The number of para-hydroxylation sites is 1. The highest BCUT2D eigenvalue weighted by Gasteiger charge is 2.34. The number of benzene rings is 2. The number of hydrogen-bond donors (Lipinski definition) is 2. The summed E-state index contributed by atoms with van der Waals surface area (Å²) >= 11 is 0. The Morgan fingerprint density at radius 3 is 2.46 bits per heavy atom. The fourth-order valence-corrected chi connectivity index (χ4v) is 2.56. The first-order valence-corrected chi connectivity index (χ1v) is 7.61. The summed E-state index contributed by atoms with van der Waals surface area (Å²) in [6.07, 6.45) is 1.42. The molecule has 0 radical (unpaired) electrons. The molecule has 1 heterocycles. The Morgan fingerprint density at radius 2 is 1.75 bits per heavy atom. The molecule has 0 aliphatic carbocycles. The number of aromatic hydroxyl groups is 1. The van der Waals surface area contributed by atoms with Gasteiger partial charge in [-0.15, -0.1) is 0 Å². The molecule has 1 aliphatic rings. The molecule has 0 unspecified atom stereocenters. The van der Waals surface area contributed by atoms with Crippen LogP contribution in [0.25, 0.3) is 6.08 Å². The maximum Gasteiger partial charge on any atom is 0.282 e. The summed E-state index contributed by atoms with van der Waals surface area (Å²) in [5, 5.41) is 11.3. The average Bonchev–Trinajstić information content (AvgIpc) is 2.82. The summed E-state index contributed by atoms with van der Waals surface area (Å²) in [6, 6.07) is 10.7. The largest absolute Gasteiger partial charge is 0.507 e. The summed E-state index contributed by atoms with van der Waals surface area (Å²) in [4.78, 5) is 24.8. The number of anilines is 1. The Morgan fingerprint density at radius 1 is 1.00 bits per heavy atom. The van der Waals surface area contributed by atoms with Crippen LogP contribution in [0.1, 0.15) is 22.3 Å². The van der Waals surface area contributed by atoms with Crippen LogP contribution in [0.15, 0.2) is 42.0 Å². The fourth-order valence-electron chi connectivity index (χ4n) is 2.56. The lowest BCUT2D eigenvalue weighted by Crippen LogP contribution is -2.35. The molecule has 0 bridgehead atoms. The van der Waals surface area contributed by atoms with E-state index in [4.69, 9.17) is 0 Å². The summed E-state index contributed by atoms with van der Waals surface area (Å²) in [5.74, 6) is -0.862. The number of phenols is 1. The molecule has 0 spiro atoms. The minimum Gasteiger partial charge on any atom is -0.507 e. The van der Waals surface area contributed by atoms with Crippen molar-refractivity contribution in [2.45, 2.75) is 20.8 Å². The van der Waals surface area contributed by atoms with Crippen LogP contribution in [0.2, 0.25) is 0 Å². The molecule has 5 nitrogen and oxygen atoms in total. The molecule has 5 heteroatoms. The standard InChI is InChI=1S/C19H18N2O3/c1-11-7-8-15(9-13(11)3)21-19(24)16(18(23)20-21)10-14-6-4-5-12(2)17(14)22/h4-10,22H,1-3H3,(H,20,23)/b16-10+. The molecule has 0 atom stereocenters. The van der Waals surface area contributed by atoms with Crippen molar-refractivity contribution in [2.75, 3.05) is 5.01 Å². The second-order valence-corrected chi connectivity index (χ2v) is 5.92.